The van der Waals surface area contributed by atoms with Crippen molar-refractivity contribution in [3.63, 3.8) is 0 Å². The van der Waals surface area contributed by atoms with Gasteiger partial charge in [-0.1, -0.05) is 42.0 Å². The van der Waals surface area contributed by atoms with Gasteiger partial charge in [0.1, 0.15) is 5.82 Å². The lowest BCUT2D eigenvalue weighted by Crippen LogP contribution is -2.36. The summed E-state index contributed by atoms with van der Waals surface area (Å²) in [4.78, 5) is 0. The third-order valence-electron chi connectivity index (χ3n) is 5.29. The Morgan fingerprint density at radius 3 is 1.95 bits per heavy atom. The highest BCUT2D eigenvalue weighted by molar-refractivity contribution is 7.84. The summed E-state index contributed by atoms with van der Waals surface area (Å²) in [5, 5.41) is 0. The number of hydrogen-bond acceptors (Lipinski definition) is 2. The van der Waals surface area contributed by atoms with Crippen LogP contribution in [0.2, 0.25) is 0 Å². The first-order chi connectivity index (χ1) is 18.0. The van der Waals surface area contributed by atoms with Crippen molar-refractivity contribution in [3.8, 4) is 5.75 Å². The number of nitrogens with one attached hydrogen (secondary N) is 1. The van der Waals surface area contributed by atoms with Crippen LogP contribution in [-0.2, 0) is 16.9 Å². The predicted octanol–water partition coefficient (Wildman–Crippen LogP) is 8.25. The van der Waals surface area contributed by atoms with Crippen molar-refractivity contribution in [3.05, 3.63) is 101 Å². The van der Waals surface area contributed by atoms with Crippen LogP contribution < -0.4 is 9.46 Å². The van der Waals surface area contributed by atoms with Crippen LogP contribution >= 0.6 is 0 Å². The van der Waals surface area contributed by atoms with Crippen LogP contribution in [0.3, 0.4) is 0 Å². The molecule has 0 spiro atoms. The quantitative estimate of drug-likeness (QED) is 0.276. The fraction of sp³-hybridized carbons (Fsp3) is 0.379. The van der Waals surface area contributed by atoms with Gasteiger partial charge in [0.05, 0.1) is 27.9 Å². The summed E-state index contributed by atoms with van der Waals surface area (Å²) in [6, 6.07) is 14.6. The minimum atomic E-state index is -4.61. The Balaban J connectivity index is 0.000000658. The number of alkyl halides is 4. The second-order valence-corrected chi connectivity index (χ2v) is 12.1. The van der Waals surface area contributed by atoms with E-state index in [0.717, 1.165) is 12.1 Å². The Kier molecular flexibility index (Phi) is 11.2. The van der Waals surface area contributed by atoms with Gasteiger partial charge in [0, 0.05) is 5.56 Å². The predicted molar refractivity (Wildman–Crippen MR) is 143 cm³/mol. The molecule has 0 radical (unpaired) electrons. The molecule has 0 saturated carbocycles. The molecule has 10 heteroatoms. The maximum Gasteiger partial charge on any atom is 0.332 e. The van der Waals surface area contributed by atoms with Gasteiger partial charge in [-0.2, -0.15) is 8.78 Å². The molecular weight excluding hydrogens is 540 g/mol. The highest BCUT2D eigenvalue weighted by Crippen LogP contribution is 2.37. The van der Waals surface area contributed by atoms with Crippen LogP contribution in [0.15, 0.2) is 66.7 Å². The third-order valence-corrected chi connectivity index (χ3v) is 6.85. The Morgan fingerprint density at radius 2 is 1.49 bits per heavy atom. The summed E-state index contributed by atoms with van der Waals surface area (Å²) in [7, 11) is -1.79. The van der Waals surface area contributed by atoms with Gasteiger partial charge in [0.15, 0.2) is 11.6 Å². The van der Waals surface area contributed by atoms with Gasteiger partial charge in [0.2, 0.25) is 0 Å². The summed E-state index contributed by atoms with van der Waals surface area (Å²) in [5.74, 6) is -6.64. The molecule has 3 aromatic rings. The van der Waals surface area contributed by atoms with Crippen LogP contribution in [0.25, 0.3) is 0 Å². The zero-order chi connectivity index (χ0) is 29.5. The van der Waals surface area contributed by atoms with E-state index in [1.165, 1.54) is 17.7 Å². The Labute approximate surface area is 228 Å². The van der Waals surface area contributed by atoms with Gasteiger partial charge in [-0.3, -0.25) is 0 Å². The highest BCUT2D eigenvalue weighted by atomic mass is 32.2. The number of aryl methyl sites for hydroxylation is 1. The molecule has 214 valence electrons. The average molecular weight is 574 g/mol. The lowest BCUT2D eigenvalue weighted by Gasteiger charge is -2.26. The molecule has 0 heterocycles. The summed E-state index contributed by atoms with van der Waals surface area (Å²) >= 11 is 0. The molecule has 0 amide bonds. The summed E-state index contributed by atoms with van der Waals surface area (Å²) in [6.07, 6.45) is -4.38. The molecule has 1 N–H and O–H groups in total. The third kappa shape index (κ3) is 9.39. The molecule has 0 aliphatic rings. The van der Waals surface area contributed by atoms with Crippen LogP contribution in [0.1, 0.15) is 62.9 Å². The maximum absolute atomic E-state index is 14.6. The number of halogens is 6. The van der Waals surface area contributed by atoms with Crippen LogP contribution in [0, 0.1) is 18.6 Å². The van der Waals surface area contributed by atoms with E-state index in [1.54, 1.807) is 34.6 Å². The lowest BCUT2D eigenvalue weighted by atomic mass is 9.95. The fourth-order valence-electron chi connectivity index (χ4n) is 3.29. The SMILES string of the molecule is CC(C)Oc1ccc([C@@H](NS(=O)C(C)(C)C)c2cc(F)cc(C(F)(F)C(F)F)c2)cc1F.Cc1ccccc1. The first kappa shape index (κ1) is 32.4. The molecular formula is C29H33F6NO2S. The van der Waals surface area contributed by atoms with Crippen molar-refractivity contribution in [2.24, 2.45) is 0 Å². The summed E-state index contributed by atoms with van der Waals surface area (Å²) in [5.41, 5.74) is -0.0125. The Hall–Kier alpha value is -2.85. The molecule has 0 aromatic heterocycles. The number of hydrogen-bond donors (Lipinski definition) is 1. The van der Waals surface area contributed by atoms with Crippen LogP contribution in [-0.4, -0.2) is 21.5 Å². The van der Waals surface area contributed by atoms with Crippen LogP contribution in [0.5, 0.6) is 5.75 Å². The van der Waals surface area contributed by atoms with Gasteiger partial charge in [0.25, 0.3) is 0 Å². The van der Waals surface area contributed by atoms with Gasteiger partial charge >= 0.3 is 12.3 Å². The van der Waals surface area contributed by atoms with Gasteiger partial charge in [-0.25, -0.2) is 26.5 Å². The molecule has 0 saturated heterocycles. The Bertz CT molecular complexity index is 1250. The van der Waals surface area contributed by atoms with Gasteiger partial charge < -0.3 is 4.74 Å². The minimum Gasteiger partial charge on any atom is -0.488 e. The first-order valence-corrected chi connectivity index (χ1v) is 13.3. The number of ether oxygens (including phenoxy) is 1. The van der Waals surface area contributed by atoms with E-state index in [-0.39, 0.29) is 23.0 Å². The lowest BCUT2D eigenvalue weighted by molar-refractivity contribution is -0.135. The second-order valence-electron chi connectivity index (χ2n) is 10.1. The molecule has 0 aliphatic heterocycles. The first-order valence-electron chi connectivity index (χ1n) is 12.1. The molecule has 39 heavy (non-hydrogen) atoms. The molecule has 0 aliphatic carbocycles. The van der Waals surface area contributed by atoms with Gasteiger partial charge in [-0.05, 0) is 83.0 Å². The van der Waals surface area contributed by atoms with E-state index in [4.69, 9.17) is 4.74 Å². The van der Waals surface area contributed by atoms with Crippen molar-refractivity contribution in [1.82, 2.24) is 4.72 Å². The van der Waals surface area contributed by atoms with E-state index in [1.807, 2.05) is 18.2 Å². The summed E-state index contributed by atoms with van der Waals surface area (Å²) in [6.45, 7) is 10.4. The molecule has 3 aromatic carbocycles. The van der Waals surface area contributed by atoms with E-state index in [0.29, 0.717) is 12.1 Å². The largest absolute Gasteiger partial charge is 0.488 e. The Morgan fingerprint density at radius 1 is 0.872 bits per heavy atom. The number of rotatable bonds is 8. The summed E-state index contributed by atoms with van der Waals surface area (Å²) < 4.78 is 102. The van der Waals surface area contributed by atoms with Gasteiger partial charge in [-0.15, -0.1) is 0 Å². The zero-order valence-corrected chi connectivity index (χ0v) is 23.4. The second kappa shape index (κ2) is 13.5. The van der Waals surface area contributed by atoms with E-state index >= 15 is 0 Å². The molecule has 0 fully saturated rings. The van der Waals surface area contributed by atoms with Crippen molar-refractivity contribution in [1.29, 1.82) is 0 Å². The molecule has 2 atom stereocenters. The van der Waals surface area contributed by atoms with E-state index in [9.17, 15) is 30.6 Å². The van der Waals surface area contributed by atoms with Crippen molar-refractivity contribution in [2.45, 2.75) is 70.8 Å². The van der Waals surface area contributed by atoms with Crippen molar-refractivity contribution >= 4 is 11.0 Å². The van der Waals surface area contributed by atoms with E-state index < -0.39 is 51.3 Å². The molecule has 1 unspecified atom stereocenters. The zero-order valence-electron chi connectivity index (χ0n) is 22.6. The minimum absolute atomic E-state index is 0.0661. The number of benzene rings is 3. The van der Waals surface area contributed by atoms with Crippen molar-refractivity contribution < 1.29 is 35.3 Å². The average Bonchev–Trinajstić information content (AvgIpc) is 2.83. The fourth-order valence-corrected chi connectivity index (χ4v) is 4.13. The molecule has 3 nitrogen and oxygen atoms in total. The standard InChI is InChI=1S/C22H25F6NO2S.C7H8/c1-12(2)31-18-7-6-13(10-17(18)24)19(29-32(30)21(3,4)5)14-8-15(11-16(23)9-14)22(27,28)20(25)26;1-7-5-3-2-4-6-7/h6-12,19-20,29H,1-5H3;2-6H,1H3/t19-,32?;/m1./s1. The smallest absolute Gasteiger partial charge is 0.332 e. The molecule has 3 rings (SSSR count). The monoisotopic (exact) mass is 573 g/mol. The topological polar surface area (TPSA) is 38.3 Å². The highest BCUT2D eigenvalue weighted by Gasteiger charge is 2.43. The van der Waals surface area contributed by atoms with Crippen molar-refractivity contribution in [2.75, 3.05) is 0 Å². The van der Waals surface area contributed by atoms with Crippen LogP contribution in [0.4, 0.5) is 26.3 Å². The normalized spacial score (nSPS) is 13.6. The molecule has 0 bridgehead atoms. The maximum atomic E-state index is 14.6. The van der Waals surface area contributed by atoms with E-state index in [2.05, 4.69) is 23.8 Å².